The van der Waals surface area contributed by atoms with Crippen LogP contribution in [-0.4, -0.2) is 50.7 Å². The molecule has 1 N–H and O–H groups in total. The summed E-state index contributed by atoms with van der Waals surface area (Å²) in [7, 11) is 1.45. The molecule has 1 unspecified atom stereocenters. The van der Waals surface area contributed by atoms with Gasteiger partial charge in [-0.15, -0.1) is 0 Å². The molecule has 0 rings (SSSR count). The molecule has 0 aliphatic heterocycles. The summed E-state index contributed by atoms with van der Waals surface area (Å²) in [6, 6.07) is 0. The van der Waals surface area contributed by atoms with E-state index in [4.69, 9.17) is 9.47 Å². The number of esters is 1. The van der Waals surface area contributed by atoms with Crippen molar-refractivity contribution in [3.05, 3.63) is 12.2 Å². The second-order valence-electron chi connectivity index (χ2n) is 9.48. The molecule has 0 aromatic rings. The van der Waals surface area contributed by atoms with E-state index in [0.29, 0.717) is 19.6 Å². The van der Waals surface area contributed by atoms with Gasteiger partial charge in [-0.25, -0.2) is 0 Å². The lowest BCUT2D eigenvalue weighted by Gasteiger charge is -2.12. The molecule has 0 spiro atoms. The standard InChI is InChI=1S/C29H56O5/c1-3-4-5-6-18-21-24-33-26-28(30)27-34-25-22-19-16-14-12-10-8-7-9-11-13-15-17-20-23-29(31)32-2/h7,9,28,30H,3-6,8,10-27H2,1-2H3. The molecule has 0 radical (unpaired) electrons. The van der Waals surface area contributed by atoms with Gasteiger partial charge in [0.1, 0.15) is 6.10 Å². The van der Waals surface area contributed by atoms with Gasteiger partial charge >= 0.3 is 5.97 Å². The molecule has 0 bridgehead atoms. The van der Waals surface area contributed by atoms with Gasteiger partial charge in [0.15, 0.2) is 0 Å². The smallest absolute Gasteiger partial charge is 0.305 e. The maximum atomic E-state index is 11.0. The Hall–Kier alpha value is -0.910. The highest BCUT2D eigenvalue weighted by atomic mass is 16.5. The molecule has 5 nitrogen and oxygen atoms in total. The first-order valence-electron chi connectivity index (χ1n) is 14.3. The molecule has 5 heteroatoms. The van der Waals surface area contributed by atoms with E-state index in [0.717, 1.165) is 45.3 Å². The van der Waals surface area contributed by atoms with Crippen LogP contribution in [0.15, 0.2) is 12.2 Å². The summed E-state index contributed by atoms with van der Waals surface area (Å²) in [5.41, 5.74) is 0. The topological polar surface area (TPSA) is 65.0 Å². The number of rotatable bonds is 27. The molecule has 0 aliphatic rings. The number of aliphatic hydroxyl groups is 1. The minimum atomic E-state index is -0.500. The van der Waals surface area contributed by atoms with Crippen LogP contribution in [-0.2, 0) is 19.0 Å². The number of unbranched alkanes of at least 4 members (excludes halogenated alkanes) is 15. The van der Waals surface area contributed by atoms with Crippen molar-refractivity contribution >= 4 is 5.97 Å². The second kappa shape index (κ2) is 28.3. The van der Waals surface area contributed by atoms with Crippen LogP contribution in [0.25, 0.3) is 0 Å². The second-order valence-corrected chi connectivity index (χ2v) is 9.48. The fraction of sp³-hybridized carbons (Fsp3) is 0.897. The molecular formula is C29H56O5. The average molecular weight is 485 g/mol. The first kappa shape index (κ1) is 33.1. The predicted octanol–water partition coefficient (Wildman–Crippen LogP) is 7.54. The molecule has 202 valence electrons. The van der Waals surface area contributed by atoms with Crippen LogP contribution < -0.4 is 0 Å². The zero-order valence-electron chi connectivity index (χ0n) is 22.6. The lowest BCUT2D eigenvalue weighted by molar-refractivity contribution is -0.140. The molecule has 0 saturated carbocycles. The molecule has 0 amide bonds. The SMILES string of the molecule is CCCCCCCCOCC(O)COCCCCCCCCC=CCCCCCCC(=O)OC. The third kappa shape index (κ3) is 27.3. The van der Waals surface area contributed by atoms with Crippen LogP contribution in [0.1, 0.15) is 129 Å². The minimum Gasteiger partial charge on any atom is -0.469 e. The van der Waals surface area contributed by atoms with Gasteiger partial charge in [-0.1, -0.05) is 89.7 Å². The number of carbonyl (C=O) groups excluding carboxylic acids is 1. The van der Waals surface area contributed by atoms with Crippen LogP contribution in [0, 0.1) is 0 Å². The van der Waals surface area contributed by atoms with Crippen LogP contribution >= 0.6 is 0 Å². The molecule has 0 aromatic heterocycles. The van der Waals surface area contributed by atoms with Crippen molar-refractivity contribution < 1.29 is 24.1 Å². The highest BCUT2D eigenvalue weighted by Gasteiger charge is 2.04. The van der Waals surface area contributed by atoms with Gasteiger partial charge < -0.3 is 19.3 Å². The summed E-state index contributed by atoms with van der Waals surface area (Å²) in [4.78, 5) is 11.0. The Morgan fingerprint density at radius 3 is 1.62 bits per heavy atom. The summed E-state index contributed by atoms with van der Waals surface area (Å²) in [6.07, 6.45) is 26.5. The van der Waals surface area contributed by atoms with E-state index < -0.39 is 6.10 Å². The molecule has 0 fully saturated rings. The Bertz CT molecular complexity index is 438. The Labute approximate surface area is 211 Å². The fourth-order valence-electron chi connectivity index (χ4n) is 3.87. The highest BCUT2D eigenvalue weighted by molar-refractivity contribution is 5.68. The van der Waals surface area contributed by atoms with E-state index in [2.05, 4.69) is 23.8 Å². The van der Waals surface area contributed by atoms with Gasteiger partial charge in [0.25, 0.3) is 0 Å². The molecule has 1 atom stereocenters. The van der Waals surface area contributed by atoms with Crippen molar-refractivity contribution in [3.8, 4) is 0 Å². The number of ether oxygens (including phenoxy) is 3. The highest BCUT2D eigenvalue weighted by Crippen LogP contribution is 2.10. The van der Waals surface area contributed by atoms with Crippen molar-refractivity contribution in [2.24, 2.45) is 0 Å². The summed E-state index contributed by atoms with van der Waals surface area (Å²) in [5.74, 6) is -0.0943. The number of hydrogen-bond acceptors (Lipinski definition) is 5. The van der Waals surface area contributed by atoms with E-state index >= 15 is 0 Å². The molecule has 0 aliphatic carbocycles. The van der Waals surface area contributed by atoms with Crippen molar-refractivity contribution in [2.45, 2.75) is 135 Å². The third-order valence-electron chi connectivity index (χ3n) is 6.07. The summed E-state index contributed by atoms with van der Waals surface area (Å²) >= 11 is 0. The van der Waals surface area contributed by atoms with Crippen molar-refractivity contribution in [1.82, 2.24) is 0 Å². The normalized spacial score (nSPS) is 12.4. The maximum Gasteiger partial charge on any atom is 0.305 e. The van der Waals surface area contributed by atoms with Gasteiger partial charge in [-0.2, -0.15) is 0 Å². The minimum absolute atomic E-state index is 0.0943. The number of methoxy groups -OCH3 is 1. The van der Waals surface area contributed by atoms with E-state index in [1.807, 2.05) is 0 Å². The first-order chi connectivity index (χ1) is 16.7. The van der Waals surface area contributed by atoms with E-state index in [1.54, 1.807) is 0 Å². The Balaban J connectivity index is 3.20. The maximum absolute atomic E-state index is 11.0. The monoisotopic (exact) mass is 484 g/mol. The van der Waals surface area contributed by atoms with Crippen molar-refractivity contribution in [2.75, 3.05) is 33.5 Å². The van der Waals surface area contributed by atoms with Crippen molar-refractivity contribution in [1.29, 1.82) is 0 Å². The lowest BCUT2D eigenvalue weighted by Crippen LogP contribution is -2.22. The Morgan fingerprint density at radius 1 is 0.676 bits per heavy atom. The number of aliphatic hydroxyl groups excluding tert-OH is 1. The van der Waals surface area contributed by atoms with Gasteiger partial charge in [-0.05, 0) is 44.9 Å². The van der Waals surface area contributed by atoms with Gasteiger partial charge in [0, 0.05) is 19.6 Å². The Kier molecular flexibility index (Phi) is 27.6. The molecular weight excluding hydrogens is 428 g/mol. The largest absolute Gasteiger partial charge is 0.469 e. The van der Waals surface area contributed by atoms with Gasteiger partial charge in [0.05, 0.1) is 20.3 Å². The molecule has 34 heavy (non-hydrogen) atoms. The zero-order valence-corrected chi connectivity index (χ0v) is 22.6. The number of allylic oxidation sites excluding steroid dienone is 2. The molecule has 0 saturated heterocycles. The molecule has 0 aromatic carbocycles. The fourth-order valence-corrected chi connectivity index (χ4v) is 3.87. The summed E-state index contributed by atoms with van der Waals surface area (Å²) in [5, 5.41) is 9.90. The zero-order chi connectivity index (χ0) is 25.0. The number of carbonyl (C=O) groups is 1. The van der Waals surface area contributed by atoms with Crippen LogP contribution in [0.5, 0.6) is 0 Å². The summed E-state index contributed by atoms with van der Waals surface area (Å²) in [6.45, 7) is 4.49. The van der Waals surface area contributed by atoms with Crippen molar-refractivity contribution in [3.63, 3.8) is 0 Å². The van der Waals surface area contributed by atoms with E-state index in [-0.39, 0.29) is 5.97 Å². The van der Waals surface area contributed by atoms with Crippen LogP contribution in [0.2, 0.25) is 0 Å². The van der Waals surface area contributed by atoms with Gasteiger partial charge in [0.2, 0.25) is 0 Å². The van der Waals surface area contributed by atoms with Crippen LogP contribution in [0.4, 0.5) is 0 Å². The number of hydrogen-bond donors (Lipinski definition) is 1. The lowest BCUT2D eigenvalue weighted by atomic mass is 10.1. The predicted molar refractivity (Wildman–Crippen MR) is 142 cm³/mol. The molecule has 0 heterocycles. The van der Waals surface area contributed by atoms with E-state index in [1.165, 1.54) is 90.6 Å². The third-order valence-corrected chi connectivity index (χ3v) is 6.07. The first-order valence-corrected chi connectivity index (χ1v) is 14.3. The van der Waals surface area contributed by atoms with Crippen LogP contribution in [0.3, 0.4) is 0 Å². The Morgan fingerprint density at radius 2 is 1.12 bits per heavy atom. The summed E-state index contributed by atoms with van der Waals surface area (Å²) < 4.78 is 15.8. The average Bonchev–Trinajstić information content (AvgIpc) is 2.84. The van der Waals surface area contributed by atoms with Gasteiger partial charge in [-0.3, -0.25) is 4.79 Å². The quantitative estimate of drug-likeness (QED) is 0.0741. The van der Waals surface area contributed by atoms with E-state index in [9.17, 15) is 9.90 Å².